The number of carboxylic acid groups (broad SMARTS) is 1. The van der Waals surface area contributed by atoms with Crippen LogP contribution < -0.4 is 4.72 Å². The second-order valence-electron chi connectivity index (χ2n) is 4.09. The first kappa shape index (κ1) is 18.3. The van der Waals surface area contributed by atoms with Crippen LogP contribution in [-0.4, -0.2) is 65.4 Å². The Balaban J connectivity index is 4.52. The summed E-state index contributed by atoms with van der Waals surface area (Å²) in [7, 11) is -5.92. The van der Waals surface area contributed by atoms with E-state index in [2.05, 4.69) is 0 Å². The normalized spacial score (nSPS) is 14.2. The number of ether oxygens (including phenoxy) is 1. The summed E-state index contributed by atoms with van der Waals surface area (Å²) in [5.74, 6) is -2.51. The third-order valence-corrected chi connectivity index (χ3v) is 4.77. The summed E-state index contributed by atoms with van der Waals surface area (Å²) in [4.78, 5) is 10.9. The lowest BCUT2D eigenvalue weighted by Gasteiger charge is -2.14. The first-order valence-corrected chi connectivity index (χ1v) is 9.18. The van der Waals surface area contributed by atoms with E-state index >= 15 is 0 Å². The lowest BCUT2D eigenvalue weighted by atomic mass is 10.2. The number of aliphatic carboxylic acids is 1. The van der Waals surface area contributed by atoms with Gasteiger partial charge in [0.1, 0.15) is 15.9 Å². The van der Waals surface area contributed by atoms with E-state index in [0.29, 0.717) is 13.0 Å². The summed E-state index contributed by atoms with van der Waals surface area (Å²) in [5.41, 5.74) is 0. The fraction of sp³-hybridized carbons (Fsp3) is 0.889. The summed E-state index contributed by atoms with van der Waals surface area (Å²) < 4.78 is 51.6. The molecule has 0 aromatic carbocycles. The molecular weight excluding hydrogens is 298 g/mol. The van der Waals surface area contributed by atoms with Gasteiger partial charge in [-0.15, -0.1) is 0 Å². The first-order chi connectivity index (χ1) is 8.57. The third kappa shape index (κ3) is 9.82. The van der Waals surface area contributed by atoms with E-state index < -0.39 is 43.4 Å². The molecule has 0 spiro atoms. The van der Waals surface area contributed by atoms with E-state index in [1.54, 1.807) is 0 Å². The van der Waals surface area contributed by atoms with Crippen LogP contribution in [0.5, 0.6) is 0 Å². The lowest BCUT2D eigenvalue weighted by Crippen LogP contribution is -2.42. The number of sulfone groups is 1. The predicted octanol–water partition coefficient (Wildman–Crippen LogP) is -1.17. The molecular formula is C9H19NO7S2. The van der Waals surface area contributed by atoms with Crippen molar-refractivity contribution >= 4 is 25.8 Å². The number of rotatable bonds is 10. The zero-order valence-electron chi connectivity index (χ0n) is 10.8. The number of hydrogen-bond acceptors (Lipinski definition) is 6. The Labute approximate surface area is 113 Å². The molecule has 0 amide bonds. The Kier molecular flexibility index (Phi) is 7.49. The molecule has 114 valence electrons. The second kappa shape index (κ2) is 7.78. The molecule has 0 aliphatic carbocycles. The molecule has 1 atom stereocenters. The Morgan fingerprint density at radius 2 is 1.84 bits per heavy atom. The van der Waals surface area contributed by atoms with Gasteiger partial charge < -0.3 is 9.84 Å². The van der Waals surface area contributed by atoms with Gasteiger partial charge in [-0.05, 0) is 12.8 Å². The molecule has 19 heavy (non-hydrogen) atoms. The summed E-state index contributed by atoms with van der Waals surface area (Å²) in [5, 5.41) is 8.88. The van der Waals surface area contributed by atoms with Crippen LogP contribution in [0.4, 0.5) is 0 Å². The minimum absolute atomic E-state index is 0.0707. The maximum absolute atomic E-state index is 11.6. The van der Waals surface area contributed by atoms with Crippen molar-refractivity contribution in [3.8, 4) is 0 Å². The summed E-state index contributed by atoms with van der Waals surface area (Å²) in [6, 6.07) is -1.28. The molecule has 0 rings (SSSR count). The number of methoxy groups -OCH3 is 1. The quantitative estimate of drug-likeness (QED) is 0.486. The van der Waals surface area contributed by atoms with E-state index in [9.17, 15) is 21.6 Å². The molecule has 0 fully saturated rings. The molecule has 0 aliphatic heterocycles. The zero-order chi connectivity index (χ0) is 15.1. The van der Waals surface area contributed by atoms with Crippen LogP contribution in [-0.2, 0) is 29.4 Å². The summed E-state index contributed by atoms with van der Waals surface area (Å²) in [6.07, 6.45) is 1.36. The maximum atomic E-state index is 11.6. The van der Waals surface area contributed by atoms with Gasteiger partial charge in [0, 0.05) is 20.0 Å². The fourth-order valence-electron chi connectivity index (χ4n) is 1.20. The van der Waals surface area contributed by atoms with Gasteiger partial charge in [0.15, 0.2) is 0 Å². The highest BCUT2D eigenvalue weighted by Gasteiger charge is 2.24. The second-order valence-corrected chi connectivity index (χ2v) is 8.23. The Morgan fingerprint density at radius 1 is 1.26 bits per heavy atom. The summed E-state index contributed by atoms with van der Waals surface area (Å²) >= 11 is 0. The smallest absolute Gasteiger partial charge is 0.321 e. The van der Waals surface area contributed by atoms with Crippen LogP contribution in [0.3, 0.4) is 0 Å². The molecule has 0 aliphatic rings. The molecule has 0 saturated heterocycles. The zero-order valence-corrected chi connectivity index (χ0v) is 12.5. The minimum Gasteiger partial charge on any atom is -0.480 e. The number of carbonyl (C=O) groups is 1. The van der Waals surface area contributed by atoms with Crippen LogP contribution >= 0.6 is 0 Å². The van der Waals surface area contributed by atoms with Crippen molar-refractivity contribution in [1.29, 1.82) is 0 Å². The standard InChI is InChI=1S/C9H19NO7S2/c1-17-5-3-4-8(9(11)12)10-19(15,16)7-6-18(2,13)14/h8,10H,3-7H2,1-2H3,(H,11,12). The van der Waals surface area contributed by atoms with Crippen molar-refractivity contribution < 1.29 is 31.5 Å². The van der Waals surface area contributed by atoms with E-state index in [-0.39, 0.29) is 6.42 Å². The van der Waals surface area contributed by atoms with Gasteiger partial charge in [0.2, 0.25) is 10.0 Å². The molecule has 0 aromatic heterocycles. The van der Waals surface area contributed by atoms with Crippen LogP contribution in [0.1, 0.15) is 12.8 Å². The van der Waals surface area contributed by atoms with E-state index in [4.69, 9.17) is 9.84 Å². The molecule has 8 nitrogen and oxygen atoms in total. The molecule has 2 N–H and O–H groups in total. The van der Waals surface area contributed by atoms with Crippen LogP contribution in [0.15, 0.2) is 0 Å². The first-order valence-electron chi connectivity index (χ1n) is 5.47. The molecule has 0 aromatic rings. The monoisotopic (exact) mass is 317 g/mol. The third-order valence-electron chi connectivity index (χ3n) is 2.18. The largest absolute Gasteiger partial charge is 0.480 e. The molecule has 0 saturated carbocycles. The Hall–Kier alpha value is -0.710. The van der Waals surface area contributed by atoms with Gasteiger partial charge in [-0.1, -0.05) is 0 Å². The topological polar surface area (TPSA) is 127 Å². The van der Waals surface area contributed by atoms with Gasteiger partial charge >= 0.3 is 5.97 Å². The highest BCUT2D eigenvalue weighted by Crippen LogP contribution is 2.01. The van der Waals surface area contributed by atoms with E-state index in [1.165, 1.54) is 7.11 Å². The Bertz CT molecular complexity index is 483. The molecule has 0 radical (unpaired) electrons. The number of carboxylic acids is 1. The highest BCUT2D eigenvalue weighted by atomic mass is 32.2. The molecule has 10 heteroatoms. The van der Waals surface area contributed by atoms with E-state index in [1.807, 2.05) is 4.72 Å². The van der Waals surface area contributed by atoms with Crippen molar-refractivity contribution in [2.45, 2.75) is 18.9 Å². The van der Waals surface area contributed by atoms with Crippen molar-refractivity contribution in [3.05, 3.63) is 0 Å². The van der Waals surface area contributed by atoms with E-state index in [0.717, 1.165) is 6.26 Å². The number of sulfonamides is 1. The van der Waals surface area contributed by atoms with Gasteiger partial charge in [0.25, 0.3) is 0 Å². The lowest BCUT2D eigenvalue weighted by molar-refractivity contribution is -0.139. The molecule has 0 heterocycles. The van der Waals surface area contributed by atoms with Crippen LogP contribution in [0, 0.1) is 0 Å². The van der Waals surface area contributed by atoms with Gasteiger partial charge in [-0.2, -0.15) is 0 Å². The highest BCUT2D eigenvalue weighted by molar-refractivity contribution is 7.93. The SMILES string of the molecule is COCCCC(NS(=O)(=O)CCS(C)(=O)=O)C(=O)O. The Morgan fingerprint density at radius 3 is 2.26 bits per heavy atom. The number of nitrogens with one attached hydrogen (secondary N) is 1. The predicted molar refractivity (Wildman–Crippen MR) is 69.2 cm³/mol. The average molecular weight is 317 g/mol. The van der Waals surface area contributed by atoms with Gasteiger partial charge in [-0.3, -0.25) is 4.79 Å². The van der Waals surface area contributed by atoms with Crippen molar-refractivity contribution in [3.63, 3.8) is 0 Å². The number of hydrogen-bond donors (Lipinski definition) is 2. The van der Waals surface area contributed by atoms with Crippen molar-refractivity contribution in [2.24, 2.45) is 0 Å². The summed E-state index contributed by atoms with van der Waals surface area (Å²) in [6.45, 7) is 0.314. The minimum atomic E-state index is -3.95. The van der Waals surface area contributed by atoms with Crippen LogP contribution in [0.2, 0.25) is 0 Å². The molecule has 1 unspecified atom stereocenters. The maximum Gasteiger partial charge on any atom is 0.321 e. The van der Waals surface area contributed by atoms with Crippen molar-refractivity contribution in [2.75, 3.05) is 31.5 Å². The van der Waals surface area contributed by atoms with Crippen molar-refractivity contribution in [1.82, 2.24) is 4.72 Å². The van der Waals surface area contributed by atoms with Gasteiger partial charge in [0.05, 0.1) is 11.5 Å². The molecule has 0 bridgehead atoms. The average Bonchev–Trinajstić information content (AvgIpc) is 2.24. The van der Waals surface area contributed by atoms with Gasteiger partial charge in [-0.25, -0.2) is 21.6 Å². The van der Waals surface area contributed by atoms with Crippen LogP contribution in [0.25, 0.3) is 0 Å². The fourth-order valence-corrected chi connectivity index (χ4v) is 4.06.